The lowest BCUT2D eigenvalue weighted by Crippen LogP contribution is -2.49. The summed E-state index contributed by atoms with van der Waals surface area (Å²) in [5.74, 6) is -0.395. The molecule has 1 aromatic carbocycles. The Balaban J connectivity index is 1.46. The quantitative estimate of drug-likeness (QED) is 0.819. The number of ether oxygens (including phenoxy) is 1. The van der Waals surface area contributed by atoms with Gasteiger partial charge in [0.25, 0.3) is 0 Å². The summed E-state index contributed by atoms with van der Waals surface area (Å²) in [5.41, 5.74) is 1.59. The Morgan fingerprint density at radius 2 is 2.00 bits per heavy atom. The third-order valence-electron chi connectivity index (χ3n) is 4.08. The number of hydrogen-bond donors (Lipinski definition) is 0. The maximum atomic E-state index is 13.1. The number of carbonyl (C=O) groups is 1. The van der Waals surface area contributed by atoms with Crippen LogP contribution in [0.1, 0.15) is 5.69 Å². The van der Waals surface area contributed by atoms with Gasteiger partial charge < -0.3 is 14.5 Å². The van der Waals surface area contributed by atoms with Gasteiger partial charge in [-0.05, 0) is 30.3 Å². The largest absolute Gasteiger partial charge is 0.367 e. The van der Waals surface area contributed by atoms with Crippen molar-refractivity contribution in [2.75, 3.05) is 37.7 Å². The average molecular weight is 364 g/mol. The van der Waals surface area contributed by atoms with Crippen LogP contribution in [0.5, 0.6) is 0 Å². The van der Waals surface area contributed by atoms with Gasteiger partial charge in [-0.15, -0.1) is 0 Å². The first-order valence-electron chi connectivity index (χ1n) is 8.09. The Kier molecular flexibility index (Phi) is 5.83. The molecule has 132 valence electrons. The fourth-order valence-corrected chi connectivity index (χ4v) is 3.04. The van der Waals surface area contributed by atoms with Gasteiger partial charge in [-0.1, -0.05) is 17.7 Å². The molecule has 0 bridgehead atoms. The standard InChI is InChI=1S/C18H19ClFN3O2/c19-16-11-14(20)4-5-17(16)22-7-9-23(10-8-22)18(24)13-25-12-15-3-1-2-6-21-15/h1-6,11H,7-10,12-13H2. The number of hydrogen-bond acceptors (Lipinski definition) is 4. The number of benzene rings is 1. The summed E-state index contributed by atoms with van der Waals surface area (Å²) < 4.78 is 18.6. The van der Waals surface area contributed by atoms with E-state index < -0.39 is 0 Å². The van der Waals surface area contributed by atoms with Crippen LogP contribution < -0.4 is 4.90 Å². The molecule has 1 saturated heterocycles. The molecule has 0 aliphatic carbocycles. The minimum Gasteiger partial charge on any atom is -0.367 e. The van der Waals surface area contributed by atoms with Crippen LogP contribution in [-0.2, 0) is 16.1 Å². The van der Waals surface area contributed by atoms with Crippen molar-refractivity contribution in [3.63, 3.8) is 0 Å². The van der Waals surface area contributed by atoms with E-state index in [-0.39, 0.29) is 18.3 Å². The molecule has 0 unspecified atom stereocenters. The predicted octanol–water partition coefficient (Wildman–Crippen LogP) is 2.74. The van der Waals surface area contributed by atoms with Gasteiger partial charge in [-0.2, -0.15) is 0 Å². The normalized spacial score (nSPS) is 14.6. The predicted molar refractivity (Wildman–Crippen MR) is 94.1 cm³/mol. The molecule has 25 heavy (non-hydrogen) atoms. The zero-order valence-corrected chi connectivity index (χ0v) is 14.5. The van der Waals surface area contributed by atoms with E-state index in [1.54, 1.807) is 17.2 Å². The minimum atomic E-state index is -0.354. The molecule has 1 fully saturated rings. The summed E-state index contributed by atoms with van der Waals surface area (Å²) in [4.78, 5) is 20.2. The van der Waals surface area contributed by atoms with Gasteiger partial charge in [-0.3, -0.25) is 9.78 Å². The van der Waals surface area contributed by atoms with Crippen LogP contribution in [0.25, 0.3) is 0 Å². The number of anilines is 1. The lowest BCUT2D eigenvalue weighted by molar-refractivity contribution is -0.136. The summed E-state index contributed by atoms with van der Waals surface area (Å²) in [6.45, 7) is 2.82. The number of amides is 1. The molecular formula is C18H19ClFN3O2. The van der Waals surface area contributed by atoms with E-state index >= 15 is 0 Å². The fourth-order valence-electron chi connectivity index (χ4n) is 2.75. The Morgan fingerprint density at radius 1 is 1.20 bits per heavy atom. The van der Waals surface area contributed by atoms with Crippen LogP contribution in [0, 0.1) is 5.82 Å². The highest BCUT2D eigenvalue weighted by Crippen LogP contribution is 2.27. The van der Waals surface area contributed by atoms with Crippen molar-refractivity contribution in [3.8, 4) is 0 Å². The zero-order valence-electron chi connectivity index (χ0n) is 13.7. The van der Waals surface area contributed by atoms with E-state index in [4.69, 9.17) is 16.3 Å². The lowest BCUT2D eigenvalue weighted by atomic mass is 10.2. The monoisotopic (exact) mass is 363 g/mol. The van der Waals surface area contributed by atoms with E-state index in [9.17, 15) is 9.18 Å². The Bertz CT molecular complexity index is 722. The molecule has 1 amide bonds. The Hall–Kier alpha value is -2.18. The lowest BCUT2D eigenvalue weighted by Gasteiger charge is -2.36. The van der Waals surface area contributed by atoms with Crippen LogP contribution in [0.15, 0.2) is 42.6 Å². The molecule has 5 nitrogen and oxygen atoms in total. The number of nitrogens with zero attached hydrogens (tertiary/aromatic N) is 3. The molecule has 2 heterocycles. The molecular weight excluding hydrogens is 345 g/mol. The van der Waals surface area contributed by atoms with Crippen molar-refractivity contribution in [2.45, 2.75) is 6.61 Å². The van der Waals surface area contributed by atoms with Crippen molar-refractivity contribution in [1.82, 2.24) is 9.88 Å². The Morgan fingerprint density at radius 3 is 2.68 bits per heavy atom. The number of aromatic nitrogens is 1. The minimum absolute atomic E-state index is 0.0356. The molecule has 1 aromatic heterocycles. The number of halogens is 2. The second-order valence-corrected chi connectivity index (χ2v) is 6.18. The van der Waals surface area contributed by atoms with Crippen molar-refractivity contribution in [3.05, 3.63) is 59.1 Å². The van der Waals surface area contributed by atoms with Crippen LogP contribution >= 0.6 is 11.6 Å². The third kappa shape index (κ3) is 4.67. The number of carbonyl (C=O) groups excluding carboxylic acids is 1. The van der Waals surface area contributed by atoms with E-state index in [2.05, 4.69) is 9.88 Å². The molecule has 0 N–H and O–H groups in total. The average Bonchev–Trinajstić information content (AvgIpc) is 2.63. The van der Waals surface area contributed by atoms with Gasteiger partial charge in [0.2, 0.25) is 5.91 Å². The van der Waals surface area contributed by atoms with Gasteiger partial charge in [0.05, 0.1) is 23.0 Å². The maximum absolute atomic E-state index is 13.1. The Labute approximate surface area is 151 Å². The summed E-state index contributed by atoms with van der Waals surface area (Å²) >= 11 is 6.10. The van der Waals surface area contributed by atoms with E-state index in [1.165, 1.54) is 12.1 Å². The van der Waals surface area contributed by atoms with Crippen molar-refractivity contribution < 1.29 is 13.9 Å². The molecule has 1 aliphatic rings. The van der Waals surface area contributed by atoms with Gasteiger partial charge in [0.1, 0.15) is 12.4 Å². The SMILES string of the molecule is O=C(COCc1ccccn1)N1CCN(c2ccc(F)cc2Cl)CC1. The van der Waals surface area contributed by atoms with Crippen LogP contribution in [-0.4, -0.2) is 48.6 Å². The summed E-state index contributed by atoms with van der Waals surface area (Å²) in [7, 11) is 0. The first-order chi connectivity index (χ1) is 12.1. The summed E-state index contributed by atoms with van der Waals surface area (Å²) in [6.07, 6.45) is 1.69. The van der Waals surface area contributed by atoms with E-state index in [0.29, 0.717) is 37.8 Å². The fraction of sp³-hybridized carbons (Fsp3) is 0.333. The second kappa shape index (κ2) is 8.27. The van der Waals surface area contributed by atoms with Crippen LogP contribution in [0.3, 0.4) is 0 Å². The molecule has 2 aromatic rings. The third-order valence-corrected chi connectivity index (χ3v) is 4.39. The number of piperazine rings is 1. The van der Waals surface area contributed by atoms with Crippen molar-refractivity contribution in [1.29, 1.82) is 0 Å². The smallest absolute Gasteiger partial charge is 0.248 e. The highest BCUT2D eigenvalue weighted by Gasteiger charge is 2.22. The highest BCUT2D eigenvalue weighted by molar-refractivity contribution is 6.33. The first-order valence-corrected chi connectivity index (χ1v) is 8.47. The van der Waals surface area contributed by atoms with Crippen LogP contribution in [0.4, 0.5) is 10.1 Å². The molecule has 0 saturated carbocycles. The van der Waals surface area contributed by atoms with Gasteiger partial charge in [-0.25, -0.2) is 4.39 Å². The van der Waals surface area contributed by atoms with E-state index in [0.717, 1.165) is 11.4 Å². The summed E-state index contributed by atoms with van der Waals surface area (Å²) in [6, 6.07) is 9.94. The molecule has 0 radical (unpaired) electrons. The molecule has 0 atom stereocenters. The molecule has 0 spiro atoms. The first kappa shape index (κ1) is 17.6. The number of pyridine rings is 1. The van der Waals surface area contributed by atoms with Gasteiger partial charge in [0, 0.05) is 32.4 Å². The molecule has 1 aliphatic heterocycles. The number of rotatable bonds is 5. The molecule has 7 heteroatoms. The van der Waals surface area contributed by atoms with Gasteiger partial charge >= 0.3 is 0 Å². The van der Waals surface area contributed by atoms with Crippen LogP contribution in [0.2, 0.25) is 5.02 Å². The second-order valence-electron chi connectivity index (χ2n) is 5.78. The topological polar surface area (TPSA) is 45.7 Å². The van der Waals surface area contributed by atoms with E-state index in [1.807, 2.05) is 18.2 Å². The van der Waals surface area contributed by atoms with Crippen molar-refractivity contribution >= 4 is 23.2 Å². The van der Waals surface area contributed by atoms with Gasteiger partial charge in [0.15, 0.2) is 0 Å². The molecule has 3 rings (SSSR count). The zero-order chi connectivity index (χ0) is 17.6. The van der Waals surface area contributed by atoms with Crippen molar-refractivity contribution in [2.24, 2.45) is 0 Å². The summed E-state index contributed by atoms with van der Waals surface area (Å²) in [5, 5.41) is 0.387. The maximum Gasteiger partial charge on any atom is 0.248 e. The highest BCUT2D eigenvalue weighted by atomic mass is 35.5.